The molecule has 3 aromatic carbocycles. The number of ether oxygens (including phenoxy) is 1. The zero-order valence-electron chi connectivity index (χ0n) is 15.4. The van der Waals surface area contributed by atoms with Crippen molar-refractivity contribution in [1.82, 2.24) is 0 Å². The fraction of sp³-hybridized carbons (Fsp3) is 0.250. The molecule has 0 saturated heterocycles. The van der Waals surface area contributed by atoms with Crippen LogP contribution in [-0.2, 0) is 11.8 Å². The van der Waals surface area contributed by atoms with Crippen LogP contribution in [0.1, 0.15) is 30.4 Å². The summed E-state index contributed by atoms with van der Waals surface area (Å²) in [6.07, 6.45) is 3.66. The van der Waals surface area contributed by atoms with Crippen molar-refractivity contribution in [1.29, 1.82) is 0 Å². The van der Waals surface area contributed by atoms with E-state index in [1.165, 1.54) is 11.1 Å². The number of hydrogen-bond donors (Lipinski definition) is 0. The third-order valence-electron chi connectivity index (χ3n) is 5.44. The molecule has 28 heavy (non-hydrogen) atoms. The van der Waals surface area contributed by atoms with Gasteiger partial charge in [0, 0.05) is 10.4 Å². The first-order valence-corrected chi connectivity index (χ1v) is 10.6. The predicted molar refractivity (Wildman–Crippen MR) is 118 cm³/mol. The Morgan fingerprint density at radius 1 is 0.821 bits per heavy atom. The van der Waals surface area contributed by atoms with Gasteiger partial charge in [-0.1, -0.05) is 54.1 Å². The van der Waals surface area contributed by atoms with Crippen molar-refractivity contribution in [3.05, 3.63) is 95.0 Å². The van der Waals surface area contributed by atoms with Crippen LogP contribution in [0.4, 0.5) is 0 Å². The zero-order chi connectivity index (χ0) is 19.6. The molecule has 1 aliphatic rings. The summed E-state index contributed by atoms with van der Waals surface area (Å²) in [5.41, 5.74) is 2.23. The predicted octanol–water partition coefficient (Wildman–Crippen LogP) is 7.97. The average Bonchev–Trinajstić information content (AvgIpc) is 3.25. The van der Waals surface area contributed by atoms with Crippen molar-refractivity contribution in [3.8, 4) is 11.5 Å². The lowest BCUT2D eigenvalue weighted by Gasteiger charge is -2.19. The van der Waals surface area contributed by atoms with Gasteiger partial charge in [-0.15, -0.1) is 23.2 Å². The number of para-hydroxylation sites is 1. The Kier molecular flexibility index (Phi) is 5.60. The van der Waals surface area contributed by atoms with Crippen LogP contribution in [0.15, 0.2) is 78.9 Å². The highest BCUT2D eigenvalue weighted by Gasteiger charge is 2.66. The largest absolute Gasteiger partial charge is 0.457 e. The Balaban J connectivity index is 1.40. The maximum Gasteiger partial charge on any atom is 0.129 e. The van der Waals surface area contributed by atoms with Crippen LogP contribution >= 0.6 is 34.8 Å². The first-order chi connectivity index (χ1) is 13.5. The summed E-state index contributed by atoms with van der Waals surface area (Å²) in [4.78, 5) is 0. The number of aryl methyl sites for hydroxylation is 1. The highest BCUT2D eigenvalue weighted by atomic mass is 35.5. The monoisotopic (exact) mass is 430 g/mol. The smallest absolute Gasteiger partial charge is 0.129 e. The first kappa shape index (κ1) is 19.6. The van der Waals surface area contributed by atoms with Gasteiger partial charge in [0.25, 0.3) is 0 Å². The van der Waals surface area contributed by atoms with Crippen LogP contribution < -0.4 is 4.74 Å². The lowest BCUT2D eigenvalue weighted by molar-refractivity contribution is 0.481. The molecule has 0 aromatic heterocycles. The van der Waals surface area contributed by atoms with E-state index in [1.807, 2.05) is 66.7 Å². The molecule has 4 heteroatoms. The molecule has 0 heterocycles. The number of alkyl halides is 2. The highest BCUT2D eigenvalue weighted by Crippen LogP contribution is 2.67. The molecule has 144 valence electrons. The molecule has 1 atom stereocenters. The Morgan fingerprint density at radius 3 is 2.18 bits per heavy atom. The van der Waals surface area contributed by atoms with Gasteiger partial charge in [-0.25, -0.2) is 0 Å². The summed E-state index contributed by atoms with van der Waals surface area (Å²) in [6, 6.07) is 26.0. The quantitative estimate of drug-likeness (QED) is 0.345. The molecule has 0 N–H and O–H groups in total. The van der Waals surface area contributed by atoms with E-state index in [4.69, 9.17) is 39.5 Å². The molecule has 4 rings (SSSR count). The van der Waals surface area contributed by atoms with Gasteiger partial charge in [0.1, 0.15) is 15.8 Å². The van der Waals surface area contributed by atoms with E-state index < -0.39 is 4.33 Å². The topological polar surface area (TPSA) is 9.23 Å². The van der Waals surface area contributed by atoms with Crippen molar-refractivity contribution in [2.24, 2.45) is 0 Å². The molecule has 0 amide bonds. The van der Waals surface area contributed by atoms with Gasteiger partial charge in [-0.3, -0.25) is 0 Å². The van der Waals surface area contributed by atoms with E-state index in [-0.39, 0.29) is 5.41 Å². The summed E-state index contributed by atoms with van der Waals surface area (Å²) in [7, 11) is 0. The van der Waals surface area contributed by atoms with Crippen molar-refractivity contribution in [2.75, 3.05) is 0 Å². The third kappa shape index (κ3) is 4.17. The fourth-order valence-corrected chi connectivity index (χ4v) is 4.81. The van der Waals surface area contributed by atoms with E-state index in [0.29, 0.717) is 0 Å². The normalized spacial score (nSPS) is 20.0. The zero-order valence-corrected chi connectivity index (χ0v) is 17.6. The van der Waals surface area contributed by atoms with E-state index in [1.54, 1.807) is 0 Å². The molecule has 0 bridgehead atoms. The molecule has 1 nitrogen and oxygen atoms in total. The minimum absolute atomic E-state index is 0.182. The van der Waals surface area contributed by atoms with Crippen LogP contribution in [0.25, 0.3) is 0 Å². The Labute approximate surface area is 181 Å². The van der Waals surface area contributed by atoms with Gasteiger partial charge in [-0.2, -0.15) is 0 Å². The lowest BCUT2D eigenvalue weighted by atomic mass is 9.89. The number of benzene rings is 3. The van der Waals surface area contributed by atoms with Crippen LogP contribution in [-0.4, -0.2) is 4.33 Å². The van der Waals surface area contributed by atoms with Crippen molar-refractivity contribution in [3.63, 3.8) is 0 Å². The summed E-state index contributed by atoms with van der Waals surface area (Å²) in [5.74, 6) is 1.69. The Morgan fingerprint density at radius 2 is 1.50 bits per heavy atom. The SMILES string of the molecule is Clc1ccc(C2(CCCc3cccc(Oc4ccccc4)c3)CC2(Cl)Cl)cc1. The minimum atomic E-state index is -0.695. The third-order valence-corrected chi connectivity index (χ3v) is 6.68. The number of halogens is 3. The van der Waals surface area contributed by atoms with Gasteiger partial charge in [-0.05, 0) is 73.2 Å². The second-order valence-corrected chi connectivity index (χ2v) is 9.31. The lowest BCUT2D eigenvalue weighted by Crippen LogP contribution is -2.15. The van der Waals surface area contributed by atoms with Crippen molar-refractivity contribution < 1.29 is 4.74 Å². The van der Waals surface area contributed by atoms with Gasteiger partial charge >= 0.3 is 0 Å². The summed E-state index contributed by atoms with van der Waals surface area (Å²) >= 11 is 19.1. The van der Waals surface area contributed by atoms with E-state index in [0.717, 1.165) is 42.2 Å². The summed E-state index contributed by atoms with van der Waals surface area (Å²) < 4.78 is 5.24. The summed E-state index contributed by atoms with van der Waals surface area (Å²) in [5, 5.41) is 0.726. The molecule has 0 aliphatic heterocycles. The van der Waals surface area contributed by atoms with Crippen LogP contribution in [0.3, 0.4) is 0 Å². The molecule has 1 fully saturated rings. The van der Waals surface area contributed by atoms with Gasteiger partial charge < -0.3 is 4.74 Å². The molecule has 1 unspecified atom stereocenters. The molecular weight excluding hydrogens is 411 g/mol. The highest BCUT2D eigenvalue weighted by molar-refractivity contribution is 6.52. The van der Waals surface area contributed by atoms with E-state index in [2.05, 4.69) is 12.1 Å². The molecule has 0 radical (unpaired) electrons. The fourth-order valence-electron chi connectivity index (χ4n) is 3.82. The van der Waals surface area contributed by atoms with Crippen molar-refractivity contribution in [2.45, 2.75) is 35.4 Å². The maximum atomic E-state index is 6.55. The molecular formula is C24H21Cl3O. The van der Waals surface area contributed by atoms with E-state index >= 15 is 0 Å². The number of hydrogen-bond acceptors (Lipinski definition) is 1. The maximum absolute atomic E-state index is 6.55. The van der Waals surface area contributed by atoms with Gasteiger partial charge in [0.15, 0.2) is 0 Å². The Hall–Kier alpha value is -1.67. The standard InChI is InChI=1S/C24H21Cl3O/c25-20-13-11-19(12-14-20)23(17-24(23,26)27)15-5-7-18-6-4-10-22(16-18)28-21-8-2-1-3-9-21/h1-4,6,8-14,16H,5,7,15,17H2. The Bertz CT molecular complexity index is 938. The van der Waals surface area contributed by atoms with E-state index in [9.17, 15) is 0 Å². The average molecular weight is 432 g/mol. The molecule has 1 saturated carbocycles. The van der Waals surface area contributed by atoms with Gasteiger partial charge in [0.2, 0.25) is 0 Å². The number of rotatable bonds is 7. The van der Waals surface area contributed by atoms with Gasteiger partial charge in [0.05, 0.1) is 0 Å². The molecule has 1 aliphatic carbocycles. The molecule has 0 spiro atoms. The second-order valence-electron chi connectivity index (χ2n) is 7.39. The second kappa shape index (κ2) is 7.99. The molecule has 3 aromatic rings. The first-order valence-electron chi connectivity index (χ1n) is 9.44. The van der Waals surface area contributed by atoms with Crippen LogP contribution in [0, 0.1) is 0 Å². The van der Waals surface area contributed by atoms with Crippen molar-refractivity contribution >= 4 is 34.8 Å². The van der Waals surface area contributed by atoms with Crippen LogP contribution in [0.5, 0.6) is 11.5 Å². The minimum Gasteiger partial charge on any atom is -0.457 e. The summed E-state index contributed by atoms with van der Waals surface area (Å²) in [6.45, 7) is 0. The van der Waals surface area contributed by atoms with Crippen LogP contribution in [0.2, 0.25) is 5.02 Å².